The molecule has 0 aliphatic carbocycles. The number of rotatable bonds is 6. The van der Waals surface area contributed by atoms with Crippen LogP contribution in [0.25, 0.3) is 0 Å². The molecule has 0 fully saturated rings. The van der Waals surface area contributed by atoms with E-state index < -0.39 is 0 Å². The summed E-state index contributed by atoms with van der Waals surface area (Å²) >= 11 is 0. The molecular formula is C16H19NO2. The van der Waals surface area contributed by atoms with Crippen LogP contribution in [0, 0.1) is 0 Å². The number of benzene rings is 2. The van der Waals surface area contributed by atoms with Crippen molar-refractivity contribution in [2.75, 3.05) is 6.54 Å². The van der Waals surface area contributed by atoms with Gasteiger partial charge in [-0.1, -0.05) is 31.2 Å². The maximum absolute atomic E-state index is 5.79. The largest absolute Gasteiger partial charge is 0.489 e. The van der Waals surface area contributed by atoms with Gasteiger partial charge in [-0.25, -0.2) is 0 Å². The Hall–Kier alpha value is -2.00. The van der Waals surface area contributed by atoms with Gasteiger partial charge >= 0.3 is 0 Å². The summed E-state index contributed by atoms with van der Waals surface area (Å²) in [5, 5.41) is 0. The molecule has 0 saturated carbocycles. The van der Waals surface area contributed by atoms with Crippen molar-refractivity contribution in [3.63, 3.8) is 0 Å². The average Bonchev–Trinajstić information content (AvgIpc) is 2.46. The van der Waals surface area contributed by atoms with E-state index in [0.717, 1.165) is 23.7 Å². The van der Waals surface area contributed by atoms with Gasteiger partial charge in [0, 0.05) is 12.6 Å². The summed E-state index contributed by atoms with van der Waals surface area (Å²) in [6.45, 7) is 2.57. The van der Waals surface area contributed by atoms with E-state index in [9.17, 15) is 0 Å². The number of nitrogens with two attached hydrogens (primary N) is 1. The molecule has 2 aromatic carbocycles. The maximum atomic E-state index is 5.79. The standard InChI is InChI=1S/C16H19NO2/c1-2-13(12-17)18-15-9-6-10-16(11-15)19-14-7-4-3-5-8-14/h3-11,13H,2,12,17H2,1H3. The van der Waals surface area contributed by atoms with E-state index in [1.54, 1.807) is 0 Å². The van der Waals surface area contributed by atoms with Crippen molar-refractivity contribution in [1.82, 2.24) is 0 Å². The second-order valence-corrected chi connectivity index (χ2v) is 4.27. The van der Waals surface area contributed by atoms with Crippen LogP contribution < -0.4 is 15.2 Å². The lowest BCUT2D eigenvalue weighted by Crippen LogP contribution is -2.25. The van der Waals surface area contributed by atoms with Crippen LogP contribution in [0.2, 0.25) is 0 Å². The predicted molar refractivity (Wildman–Crippen MR) is 76.7 cm³/mol. The molecule has 0 heterocycles. The Morgan fingerprint density at radius 3 is 2.32 bits per heavy atom. The topological polar surface area (TPSA) is 44.5 Å². The summed E-state index contributed by atoms with van der Waals surface area (Å²) in [6, 6.07) is 17.3. The van der Waals surface area contributed by atoms with E-state index in [1.807, 2.05) is 54.6 Å². The average molecular weight is 257 g/mol. The first kappa shape index (κ1) is 13.4. The van der Waals surface area contributed by atoms with Crippen LogP contribution >= 0.6 is 0 Å². The minimum absolute atomic E-state index is 0.0481. The molecule has 0 aliphatic heterocycles. The molecule has 100 valence electrons. The zero-order valence-corrected chi connectivity index (χ0v) is 11.1. The molecule has 0 saturated heterocycles. The zero-order valence-electron chi connectivity index (χ0n) is 11.1. The van der Waals surface area contributed by atoms with Gasteiger partial charge in [0.05, 0.1) is 0 Å². The van der Waals surface area contributed by atoms with Gasteiger partial charge in [-0.05, 0) is 30.7 Å². The van der Waals surface area contributed by atoms with Crippen LogP contribution in [0.3, 0.4) is 0 Å². The normalized spacial score (nSPS) is 11.9. The molecule has 2 N–H and O–H groups in total. The third-order valence-electron chi connectivity index (χ3n) is 2.81. The van der Waals surface area contributed by atoms with E-state index in [1.165, 1.54) is 0 Å². The highest BCUT2D eigenvalue weighted by molar-refractivity contribution is 5.36. The van der Waals surface area contributed by atoms with Gasteiger partial charge in [0.25, 0.3) is 0 Å². The highest BCUT2D eigenvalue weighted by atomic mass is 16.5. The molecule has 0 aromatic heterocycles. The van der Waals surface area contributed by atoms with E-state index in [4.69, 9.17) is 15.2 Å². The lowest BCUT2D eigenvalue weighted by Gasteiger charge is -2.16. The second kappa shape index (κ2) is 6.81. The molecule has 2 aromatic rings. The lowest BCUT2D eigenvalue weighted by molar-refractivity contribution is 0.205. The molecule has 19 heavy (non-hydrogen) atoms. The summed E-state index contributed by atoms with van der Waals surface area (Å²) in [7, 11) is 0. The Labute approximate surface area is 114 Å². The molecule has 0 spiro atoms. The number of hydrogen-bond acceptors (Lipinski definition) is 3. The third-order valence-corrected chi connectivity index (χ3v) is 2.81. The minimum Gasteiger partial charge on any atom is -0.489 e. The Kier molecular flexibility index (Phi) is 4.81. The molecular weight excluding hydrogens is 238 g/mol. The van der Waals surface area contributed by atoms with Crippen LogP contribution in [-0.2, 0) is 0 Å². The van der Waals surface area contributed by atoms with Crippen LogP contribution in [0.15, 0.2) is 54.6 Å². The second-order valence-electron chi connectivity index (χ2n) is 4.27. The Morgan fingerprint density at radius 1 is 0.947 bits per heavy atom. The number of para-hydroxylation sites is 1. The predicted octanol–water partition coefficient (Wildman–Crippen LogP) is 3.60. The maximum Gasteiger partial charge on any atom is 0.131 e. The van der Waals surface area contributed by atoms with Crippen LogP contribution in [0.1, 0.15) is 13.3 Å². The van der Waals surface area contributed by atoms with Gasteiger partial charge in [0.2, 0.25) is 0 Å². The summed E-state index contributed by atoms with van der Waals surface area (Å²) in [4.78, 5) is 0. The molecule has 3 heteroatoms. The van der Waals surface area contributed by atoms with Crippen LogP contribution in [0.4, 0.5) is 0 Å². The highest BCUT2D eigenvalue weighted by Crippen LogP contribution is 2.25. The fraction of sp³-hybridized carbons (Fsp3) is 0.250. The lowest BCUT2D eigenvalue weighted by atomic mass is 10.2. The van der Waals surface area contributed by atoms with Crippen LogP contribution in [0.5, 0.6) is 17.2 Å². The first-order valence-corrected chi connectivity index (χ1v) is 6.51. The van der Waals surface area contributed by atoms with Gasteiger partial charge in [-0.3, -0.25) is 0 Å². The molecule has 0 radical (unpaired) electrons. The smallest absolute Gasteiger partial charge is 0.131 e. The first-order valence-electron chi connectivity index (χ1n) is 6.51. The fourth-order valence-electron chi connectivity index (χ4n) is 1.73. The molecule has 0 amide bonds. The SMILES string of the molecule is CCC(CN)Oc1cccc(Oc2ccccc2)c1. The zero-order chi connectivity index (χ0) is 13.5. The Balaban J connectivity index is 2.07. The third kappa shape index (κ3) is 4.00. The van der Waals surface area contributed by atoms with Crippen molar-refractivity contribution in [1.29, 1.82) is 0 Å². The Bertz CT molecular complexity index is 495. The van der Waals surface area contributed by atoms with E-state index in [0.29, 0.717) is 6.54 Å². The van der Waals surface area contributed by atoms with Gasteiger partial charge in [0.1, 0.15) is 23.4 Å². The summed E-state index contributed by atoms with van der Waals surface area (Å²) in [6.07, 6.45) is 0.937. The molecule has 2 rings (SSSR count). The quantitative estimate of drug-likeness (QED) is 0.860. The summed E-state index contributed by atoms with van der Waals surface area (Å²) in [5.74, 6) is 2.35. The summed E-state index contributed by atoms with van der Waals surface area (Å²) < 4.78 is 11.5. The minimum atomic E-state index is 0.0481. The van der Waals surface area contributed by atoms with E-state index >= 15 is 0 Å². The monoisotopic (exact) mass is 257 g/mol. The van der Waals surface area contributed by atoms with Crippen molar-refractivity contribution in [2.45, 2.75) is 19.4 Å². The van der Waals surface area contributed by atoms with Gasteiger partial charge in [-0.15, -0.1) is 0 Å². The number of hydrogen-bond donors (Lipinski definition) is 1. The summed E-state index contributed by atoms with van der Waals surface area (Å²) in [5.41, 5.74) is 5.64. The van der Waals surface area contributed by atoms with Crippen LogP contribution in [-0.4, -0.2) is 12.6 Å². The number of ether oxygens (including phenoxy) is 2. The van der Waals surface area contributed by atoms with Crippen molar-refractivity contribution >= 4 is 0 Å². The van der Waals surface area contributed by atoms with Crippen molar-refractivity contribution < 1.29 is 9.47 Å². The molecule has 1 unspecified atom stereocenters. The first-order chi connectivity index (χ1) is 9.31. The van der Waals surface area contributed by atoms with Gasteiger partial charge < -0.3 is 15.2 Å². The fourth-order valence-corrected chi connectivity index (χ4v) is 1.73. The molecule has 0 bridgehead atoms. The van der Waals surface area contributed by atoms with Crippen molar-refractivity contribution in [3.05, 3.63) is 54.6 Å². The highest BCUT2D eigenvalue weighted by Gasteiger charge is 2.06. The van der Waals surface area contributed by atoms with E-state index in [-0.39, 0.29) is 6.10 Å². The Morgan fingerprint density at radius 2 is 1.63 bits per heavy atom. The van der Waals surface area contributed by atoms with E-state index in [2.05, 4.69) is 6.92 Å². The molecule has 3 nitrogen and oxygen atoms in total. The van der Waals surface area contributed by atoms with Gasteiger partial charge in [0.15, 0.2) is 0 Å². The molecule has 1 atom stereocenters. The van der Waals surface area contributed by atoms with Crippen molar-refractivity contribution in [3.8, 4) is 17.2 Å². The van der Waals surface area contributed by atoms with Crippen molar-refractivity contribution in [2.24, 2.45) is 5.73 Å². The van der Waals surface area contributed by atoms with Gasteiger partial charge in [-0.2, -0.15) is 0 Å². The molecule has 0 aliphatic rings.